The number of aromatic nitrogens is 2. The molecule has 4 rings (SSSR count). The van der Waals surface area contributed by atoms with Crippen molar-refractivity contribution in [3.8, 4) is 5.75 Å². The minimum absolute atomic E-state index is 0.214. The summed E-state index contributed by atoms with van der Waals surface area (Å²) in [5, 5.41) is 2.88. The van der Waals surface area contributed by atoms with E-state index in [0.29, 0.717) is 25.3 Å². The van der Waals surface area contributed by atoms with Crippen LogP contribution in [0.1, 0.15) is 22.8 Å². The van der Waals surface area contributed by atoms with Crippen LogP contribution in [0.15, 0.2) is 77.4 Å². The Morgan fingerprint density at radius 2 is 1.86 bits per heavy atom. The average Bonchev–Trinajstić information content (AvgIpc) is 3.40. The highest BCUT2D eigenvalue weighted by atomic mass is 16.5. The number of nitrogens with zero attached hydrogens (tertiary/aromatic N) is 2. The number of rotatable bonds is 9. The van der Waals surface area contributed by atoms with E-state index in [-0.39, 0.29) is 5.91 Å². The SMILES string of the molecule is O=C(NCCc1nc2ccccc2n1CCCOc1ccccc1)c1ccco1. The maximum atomic E-state index is 12.1. The molecule has 0 saturated carbocycles. The van der Waals surface area contributed by atoms with Gasteiger partial charge >= 0.3 is 0 Å². The molecule has 0 saturated heterocycles. The molecule has 0 aliphatic carbocycles. The van der Waals surface area contributed by atoms with Crippen LogP contribution < -0.4 is 10.1 Å². The van der Waals surface area contributed by atoms with E-state index in [9.17, 15) is 4.79 Å². The number of imidazole rings is 1. The number of carbonyl (C=O) groups excluding carboxylic acids is 1. The van der Waals surface area contributed by atoms with Gasteiger partial charge in [-0.1, -0.05) is 30.3 Å². The Balaban J connectivity index is 1.38. The van der Waals surface area contributed by atoms with Crippen molar-refractivity contribution < 1.29 is 13.9 Å². The van der Waals surface area contributed by atoms with Gasteiger partial charge in [0.1, 0.15) is 11.6 Å². The van der Waals surface area contributed by atoms with Crippen LogP contribution in [0.3, 0.4) is 0 Å². The van der Waals surface area contributed by atoms with Gasteiger partial charge in [-0.05, 0) is 42.8 Å². The second-order valence-corrected chi connectivity index (χ2v) is 6.67. The third-order valence-electron chi connectivity index (χ3n) is 4.65. The van der Waals surface area contributed by atoms with Gasteiger partial charge in [0.05, 0.1) is 23.9 Å². The minimum Gasteiger partial charge on any atom is -0.494 e. The zero-order valence-corrected chi connectivity index (χ0v) is 16.1. The number of hydrogen-bond donors (Lipinski definition) is 1. The predicted molar refractivity (Wildman–Crippen MR) is 111 cm³/mol. The lowest BCUT2D eigenvalue weighted by molar-refractivity contribution is 0.0926. The fourth-order valence-electron chi connectivity index (χ4n) is 3.28. The molecular formula is C23H23N3O3. The molecule has 0 aliphatic rings. The van der Waals surface area contributed by atoms with Crippen molar-refractivity contribution in [2.45, 2.75) is 19.4 Å². The van der Waals surface area contributed by atoms with E-state index in [0.717, 1.165) is 35.6 Å². The number of ether oxygens (including phenoxy) is 1. The number of nitrogens with one attached hydrogen (secondary N) is 1. The van der Waals surface area contributed by atoms with Crippen molar-refractivity contribution in [2.24, 2.45) is 0 Å². The first-order valence-electron chi connectivity index (χ1n) is 9.75. The molecule has 4 aromatic rings. The Hall–Kier alpha value is -3.54. The van der Waals surface area contributed by atoms with Crippen molar-refractivity contribution in [1.29, 1.82) is 0 Å². The summed E-state index contributed by atoms with van der Waals surface area (Å²) < 4.78 is 13.1. The molecule has 0 spiro atoms. The summed E-state index contributed by atoms with van der Waals surface area (Å²) in [5.41, 5.74) is 2.06. The number of carbonyl (C=O) groups is 1. The Bertz CT molecular complexity index is 1060. The zero-order chi connectivity index (χ0) is 19.9. The molecule has 0 unspecified atom stereocenters. The average molecular weight is 389 g/mol. The lowest BCUT2D eigenvalue weighted by atomic mass is 10.3. The largest absolute Gasteiger partial charge is 0.494 e. The van der Waals surface area contributed by atoms with Crippen LogP contribution in [0.5, 0.6) is 5.75 Å². The monoisotopic (exact) mass is 389 g/mol. The summed E-state index contributed by atoms with van der Waals surface area (Å²) in [6.07, 6.45) is 2.99. The molecule has 29 heavy (non-hydrogen) atoms. The predicted octanol–water partition coefficient (Wildman–Crippen LogP) is 4.07. The van der Waals surface area contributed by atoms with E-state index < -0.39 is 0 Å². The number of amides is 1. The quantitative estimate of drug-likeness (QED) is 0.438. The van der Waals surface area contributed by atoms with Crippen LogP contribution in [0.4, 0.5) is 0 Å². The van der Waals surface area contributed by atoms with Crippen molar-refractivity contribution >= 4 is 16.9 Å². The number of benzene rings is 2. The molecule has 148 valence electrons. The van der Waals surface area contributed by atoms with Crippen molar-refractivity contribution in [3.05, 3.63) is 84.6 Å². The second kappa shape index (κ2) is 9.10. The minimum atomic E-state index is -0.214. The highest BCUT2D eigenvalue weighted by Gasteiger charge is 2.12. The van der Waals surface area contributed by atoms with Crippen LogP contribution in [-0.4, -0.2) is 28.6 Å². The summed E-state index contributed by atoms with van der Waals surface area (Å²) in [6, 6.07) is 21.3. The fourth-order valence-corrected chi connectivity index (χ4v) is 3.28. The molecule has 0 atom stereocenters. The summed E-state index contributed by atoms with van der Waals surface area (Å²) in [4.78, 5) is 16.8. The van der Waals surface area contributed by atoms with Gasteiger partial charge in [-0.3, -0.25) is 4.79 Å². The molecule has 2 heterocycles. The van der Waals surface area contributed by atoms with Crippen LogP contribution in [-0.2, 0) is 13.0 Å². The van der Waals surface area contributed by atoms with E-state index >= 15 is 0 Å². The van der Waals surface area contributed by atoms with E-state index in [2.05, 4.69) is 16.0 Å². The van der Waals surface area contributed by atoms with Crippen LogP contribution in [0.25, 0.3) is 11.0 Å². The van der Waals surface area contributed by atoms with Crippen LogP contribution in [0.2, 0.25) is 0 Å². The third kappa shape index (κ3) is 4.66. The van der Waals surface area contributed by atoms with Crippen molar-refractivity contribution in [2.75, 3.05) is 13.2 Å². The van der Waals surface area contributed by atoms with Gasteiger partial charge in [0.25, 0.3) is 5.91 Å². The second-order valence-electron chi connectivity index (χ2n) is 6.67. The molecule has 0 fully saturated rings. The summed E-state index contributed by atoms with van der Waals surface area (Å²) in [7, 11) is 0. The smallest absolute Gasteiger partial charge is 0.286 e. The lowest BCUT2D eigenvalue weighted by Crippen LogP contribution is -2.26. The van der Waals surface area contributed by atoms with Gasteiger partial charge in [0, 0.05) is 19.5 Å². The van der Waals surface area contributed by atoms with Gasteiger partial charge in [0.15, 0.2) is 5.76 Å². The Labute approximate surface area is 169 Å². The summed E-state index contributed by atoms with van der Waals surface area (Å²) in [6.45, 7) is 1.92. The molecule has 1 amide bonds. The Morgan fingerprint density at radius 3 is 2.69 bits per heavy atom. The molecule has 2 aromatic heterocycles. The van der Waals surface area contributed by atoms with E-state index in [1.54, 1.807) is 12.1 Å². The maximum absolute atomic E-state index is 12.1. The zero-order valence-electron chi connectivity index (χ0n) is 16.1. The molecule has 6 nitrogen and oxygen atoms in total. The highest BCUT2D eigenvalue weighted by molar-refractivity contribution is 5.91. The third-order valence-corrected chi connectivity index (χ3v) is 4.65. The first kappa shape index (κ1) is 18.8. The number of furan rings is 1. The molecule has 0 aliphatic heterocycles. The highest BCUT2D eigenvalue weighted by Crippen LogP contribution is 2.17. The topological polar surface area (TPSA) is 69.3 Å². The number of aryl methyl sites for hydroxylation is 1. The number of para-hydroxylation sites is 3. The fraction of sp³-hybridized carbons (Fsp3) is 0.217. The van der Waals surface area contributed by atoms with E-state index in [1.165, 1.54) is 6.26 Å². The van der Waals surface area contributed by atoms with Gasteiger partial charge in [-0.15, -0.1) is 0 Å². The standard InChI is InChI=1S/C23H23N3O3/c27-23(21-12-6-16-29-21)24-14-13-22-25-19-10-4-5-11-20(19)26(22)15-7-17-28-18-8-2-1-3-9-18/h1-6,8-12,16H,7,13-15,17H2,(H,24,27). The van der Waals surface area contributed by atoms with E-state index in [4.69, 9.17) is 14.1 Å². The normalized spacial score (nSPS) is 10.9. The van der Waals surface area contributed by atoms with Crippen molar-refractivity contribution in [1.82, 2.24) is 14.9 Å². The van der Waals surface area contributed by atoms with Gasteiger partial charge in [-0.2, -0.15) is 0 Å². The molecular weight excluding hydrogens is 366 g/mol. The molecule has 0 bridgehead atoms. The summed E-state index contributed by atoms with van der Waals surface area (Å²) >= 11 is 0. The molecule has 0 radical (unpaired) electrons. The van der Waals surface area contributed by atoms with Crippen LogP contribution >= 0.6 is 0 Å². The summed E-state index contributed by atoms with van der Waals surface area (Å²) in [5.74, 6) is 1.93. The molecule has 6 heteroatoms. The maximum Gasteiger partial charge on any atom is 0.286 e. The van der Waals surface area contributed by atoms with Gasteiger partial charge < -0.3 is 19.0 Å². The number of hydrogen-bond acceptors (Lipinski definition) is 4. The van der Waals surface area contributed by atoms with E-state index in [1.807, 2.05) is 48.5 Å². The molecule has 1 N–H and O–H groups in total. The number of fused-ring (bicyclic) bond motifs is 1. The van der Waals surface area contributed by atoms with Crippen LogP contribution in [0, 0.1) is 0 Å². The Morgan fingerprint density at radius 1 is 1.03 bits per heavy atom. The molecule has 2 aromatic carbocycles. The first-order chi connectivity index (χ1) is 14.3. The Kier molecular flexibility index (Phi) is 5.90. The van der Waals surface area contributed by atoms with Crippen molar-refractivity contribution in [3.63, 3.8) is 0 Å². The van der Waals surface area contributed by atoms with Gasteiger partial charge in [-0.25, -0.2) is 4.98 Å². The van der Waals surface area contributed by atoms with Gasteiger partial charge in [0.2, 0.25) is 0 Å². The lowest BCUT2D eigenvalue weighted by Gasteiger charge is -2.11. The first-order valence-corrected chi connectivity index (χ1v) is 9.75.